The maximum atomic E-state index is 12.2. The molecule has 1 amide bonds. The Bertz CT molecular complexity index is 530. The highest BCUT2D eigenvalue weighted by atomic mass is 16.6. The Kier molecular flexibility index (Phi) is 3.82. The van der Waals surface area contributed by atoms with Gasteiger partial charge < -0.3 is 14.7 Å². The first kappa shape index (κ1) is 13.9. The molecule has 5 heteroatoms. The Morgan fingerprint density at radius 2 is 2.00 bits per heavy atom. The van der Waals surface area contributed by atoms with Gasteiger partial charge in [-0.05, 0) is 24.3 Å². The number of nitrogens with zero attached hydrogens (tertiary/aromatic N) is 1. The van der Waals surface area contributed by atoms with E-state index in [1.807, 2.05) is 30.3 Å². The summed E-state index contributed by atoms with van der Waals surface area (Å²) >= 11 is 0. The number of carbonyl (C=O) groups excluding carboxylic acids is 1. The quantitative estimate of drug-likeness (QED) is 0.928. The standard InChI is InChI=1S/C16H19NO4/c18-15(19)13-12-8-4-5-9-17(14(12)13)16(20)21-10-11-6-2-1-3-7-11/h1-3,6-7,12-14H,4-5,8-10H2,(H,18,19)/t12-,13-,14-/m1/s1. The second-order valence-corrected chi connectivity index (χ2v) is 5.75. The van der Waals surface area contributed by atoms with E-state index in [-0.39, 0.29) is 24.7 Å². The number of fused-ring (bicyclic) bond motifs is 1. The van der Waals surface area contributed by atoms with E-state index in [1.165, 1.54) is 0 Å². The first-order chi connectivity index (χ1) is 10.2. The van der Waals surface area contributed by atoms with E-state index in [2.05, 4.69) is 0 Å². The molecule has 1 aliphatic carbocycles. The van der Waals surface area contributed by atoms with E-state index in [1.54, 1.807) is 4.90 Å². The molecule has 1 saturated carbocycles. The number of hydrogen-bond acceptors (Lipinski definition) is 3. The van der Waals surface area contributed by atoms with Crippen molar-refractivity contribution >= 4 is 12.1 Å². The van der Waals surface area contributed by atoms with Crippen LogP contribution in [0.15, 0.2) is 30.3 Å². The number of likely N-dealkylation sites (tertiary alicyclic amines) is 1. The van der Waals surface area contributed by atoms with E-state index in [9.17, 15) is 14.7 Å². The largest absolute Gasteiger partial charge is 0.481 e. The van der Waals surface area contributed by atoms with Crippen molar-refractivity contribution in [3.05, 3.63) is 35.9 Å². The van der Waals surface area contributed by atoms with Crippen molar-refractivity contribution < 1.29 is 19.4 Å². The summed E-state index contributed by atoms with van der Waals surface area (Å²) in [6, 6.07) is 9.32. The van der Waals surface area contributed by atoms with Gasteiger partial charge in [-0.25, -0.2) is 4.79 Å². The van der Waals surface area contributed by atoms with Crippen molar-refractivity contribution in [2.75, 3.05) is 6.54 Å². The van der Waals surface area contributed by atoms with Crippen molar-refractivity contribution in [1.29, 1.82) is 0 Å². The molecule has 112 valence electrons. The Balaban J connectivity index is 1.62. The monoisotopic (exact) mass is 289 g/mol. The van der Waals surface area contributed by atoms with Crippen molar-refractivity contribution in [3.8, 4) is 0 Å². The molecule has 2 aliphatic rings. The van der Waals surface area contributed by atoms with Crippen LogP contribution in [0.2, 0.25) is 0 Å². The summed E-state index contributed by atoms with van der Waals surface area (Å²) in [5.74, 6) is -1.10. The van der Waals surface area contributed by atoms with Crippen LogP contribution in [-0.2, 0) is 16.1 Å². The van der Waals surface area contributed by atoms with Gasteiger partial charge in [-0.15, -0.1) is 0 Å². The van der Waals surface area contributed by atoms with E-state index in [4.69, 9.17) is 4.74 Å². The smallest absolute Gasteiger partial charge is 0.410 e. The summed E-state index contributed by atoms with van der Waals surface area (Å²) in [5, 5.41) is 9.20. The summed E-state index contributed by atoms with van der Waals surface area (Å²) in [4.78, 5) is 25.1. The molecular formula is C16H19NO4. The highest BCUT2D eigenvalue weighted by molar-refractivity contribution is 5.78. The molecule has 5 nitrogen and oxygen atoms in total. The third-order valence-corrected chi connectivity index (χ3v) is 4.40. The fraction of sp³-hybridized carbons (Fsp3) is 0.500. The van der Waals surface area contributed by atoms with E-state index >= 15 is 0 Å². The van der Waals surface area contributed by atoms with Gasteiger partial charge in [-0.3, -0.25) is 4.79 Å². The number of aliphatic carboxylic acids is 1. The Hall–Kier alpha value is -2.04. The minimum absolute atomic E-state index is 0.106. The molecule has 1 aliphatic heterocycles. The van der Waals surface area contributed by atoms with Crippen LogP contribution in [0.5, 0.6) is 0 Å². The van der Waals surface area contributed by atoms with Crippen molar-refractivity contribution in [1.82, 2.24) is 4.90 Å². The third-order valence-electron chi connectivity index (χ3n) is 4.40. The Labute approximate surface area is 123 Å². The zero-order valence-electron chi connectivity index (χ0n) is 11.8. The van der Waals surface area contributed by atoms with Gasteiger partial charge in [0, 0.05) is 6.54 Å². The maximum absolute atomic E-state index is 12.2. The number of amides is 1. The first-order valence-corrected chi connectivity index (χ1v) is 7.38. The summed E-state index contributed by atoms with van der Waals surface area (Å²) in [6.07, 6.45) is 2.40. The van der Waals surface area contributed by atoms with Gasteiger partial charge in [0.05, 0.1) is 12.0 Å². The van der Waals surface area contributed by atoms with Gasteiger partial charge in [0.25, 0.3) is 0 Å². The minimum atomic E-state index is -0.798. The van der Waals surface area contributed by atoms with Crippen LogP contribution < -0.4 is 0 Å². The second-order valence-electron chi connectivity index (χ2n) is 5.75. The minimum Gasteiger partial charge on any atom is -0.481 e. The maximum Gasteiger partial charge on any atom is 0.410 e. The molecule has 0 radical (unpaired) electrons. The fourth-order valence-corrected chi connectivity index (χ4v) is 3.29. The molecular weight excluding hydrogens is 270 g/mol. The predicted molar refractivity (Wildman–Crippen MR) is 75.6 cm³/mol. The van der Waals surface area contributed by atoms with Crippen LogP contribution in [0.3, 0.4) is 0 Å². The van der Waals surface area contributed by atoms with Gasteiger partial charge in [-0.1, -0.05) is 36.8 Å². The molecule has 2 fully saturated rings. The van der Waals surface area contributed by atoms with Crippen molar-refractivity contribution in [3.63, 3.8) is 0 Å². The van der Waals surface area contributed by atoms with Crippen LogP contribution in [0.4, 0.5) is 4.79 Å². The summed E-state index contributed by atoms with van der Waals surface area (Å²) < 4.78 is 5.34. The predicted octanol–water partition coefficient (Wildman–Crippen LogP) is 2.51. The first-order valence-electron chi connectivity index (χ1n) is 7.38. The molecule has 0 spiro atoms. The topological polar surface area (TPSA) is 66.8 Å². The molecule has 1 saturated heterocycles. The molecule has 1 aromatic rings. The van der Waals surface area contributed by atoms with Crippen LogP contribution in [0.25, 0.3) is 0 Å². The average Bonchev–Trinajstić information content (AvgIpc) is 3.21. The molecule has 1 N–H and O–H groups in total. The van der Waals surface area contributed by atoms with Gasteiger partial charge in [0.2, 0.25) is 0 Å². The molecule has 1 aromatic carbocycles. The molecule has 1 heterocycles. The third kappa shape index (κ3) is 2.86. The number of carbonyl (C=O) groups is 2. The van der Waals surface area contributed by atoms with Gasteiger partial charge in [-0.2, -0.15) is 0 Å². The summed E-state index contributed by atoms with van der Waals surface area (Å²) in [5.41, 5.74) is 0.933. The number of hydrogen-bond donors (Lipinski definition) is 1. The van der Waals surface area contributed by atoms with E-state index in [0.717, 1.165) is 24.8 Å². The van der Waals surface area contributed by atoms with Crippen LogP contribution in [-0.4, -0.2) is 34.7 Å². The highest BCUT2D eigenvalue weighted by Gasteiger charge is 2.59. The number of carboxylic acids is 1. The SMILES string of the molecule is O=C(O)[C@@H]1[C@H]2CCCCN(C(=O)OCc3ccccc3)[C@H]21. The summed E-state index contributed by atoms with van der Waals surface area (Å²) in [6.45, 7) is 0.823. The summed E-state index contributed by atoms with van der Waals surface area (Å²) in [7, 11) is 0. The zero-order valence-corrected chi connectivity index (χ0v) is 11.8. The number of carboxylic acid groups (broad SMARTS) is 1. The van der Waals surface area contributed by atoms with E-state index in [0.29, 0.717) is 6.54 Å². The van der Waals surface area contributed by atoms with Crippen LogP contribution in [0.1, 0.15) is 24.8 Å². The fourth-order valence-electron chi connectivity index (χ4n) is 3.29. The number of rotatable bonds is 3. The van der Waals surface area contributed by atoms with Gasteiger partial charge >= 0.3 is 12.1 Å². The molecule has 0 unspecified atom stereocenters. The molecule has 0 aromatic heterocycles. The molecule has 3 rings (SSSR count). The lowest BCUT2D eigenvalue weighted by atomic mass is 10.1. The van der Waals surface area contributed by atoms with Crippen LogP contribution in [0, 0.1) is 11.8 Å². The normalized spacial score (nSPS) is 27.4. The Morgan fingerprint density at radius 3 is 2.71 bits per heavy atom. The number of benzene rings is 1. The van der Waals surface area contributed by atoms with Crippen molar-refractivity contribution in [2.24, 2.45) is 11.8 Å². The zero-order chi connectivity index (χ0) is 14.8. The lowest BCUT2D eigenvalue weighted by molar-refractivity contribution is -0.139. The molecule has 0 bridgehead atoms. The molecule has 3 atom stereocenters. The highest BCUT2D eigenvalue weighted by Crippen LogP contribution is 2.48. The lowest BCUT2D eigenvalue weighted by Gasteiger charge is -2.21. The van der Waals surface area contributed by atoms with Crippen LogP contribution >= 0.6 is 0 Å². The van der Waals surface area contributed by atoms with Gasteiger partial charge in [0.15, 0.2) is 0 Å². The lowest BCUT2D eigenvalue weighted by Crippen LogP contribution is -2.36. The average molecular weight is 289 g/mol. The van der Waals surface area contributed by atoms with Gasteiger partial charge in [0.1, 0.15) is 6.61 Å². The van der Waals surface area contributed by atoms with E-state index < -0.39 is 11.9 Å². The molecule has 21 heavy (non-hydrogen) atoms. The number of ether oxygens (including phenoxy) is 1. The van der Waals surface area contributed by atoms with Crippen molar-refractivity contribution in [2.45, 2.75) is 31.9 Å². The Morgan fingerprint density at radius 1 is 1.24 bits per heavy atom. The second kappa shape index (κ2) is 5.76.